The second kappa shape index (κ2) is 10.7. The van der Waals surface area contributed by atoms with Gasteiger partial charge in [-0.3, -0.25) is 19.1 Å². The summed E-state index contributed by atoms with van der Waals surface area (Å²) in [5.41, 5.74) is -0.710. The highest BCUT2D eigenvalue weighted by Crippen LogP contribution is 2.46. The van der Waals surface area contributed by atoms with Gasteiger partial charge in [-0.1, -0.05) is 25.0 Å². The number of carbonyl (C=O) groups is 3. The van der Waals surface area contributed by atoms with Gasteiger partial charge in [-0.05, 0) is 75.6 Å². The van der Waals surface area contributed by atoms with Crippen molar-refractivity contribution in [3.63, 3.8) is 0 Å². The minimum Gasteiger partial charge on any atom is -0.374 e. The number of carbonyl (C=O) groups excluding carboxylic acids is 3. The van der Waals surface area contributed by atoms with Crippen LogP contribution in [0.3, 0.4) is 0 Å². The summed E-state index contributed by atoms with van der Waals surface area (Å²) in [7, 11) is -3.77. The molecule has 38 heavy (non-hydrogen) atoms. The van der Waals surface area contributed by atoms with Crippen molar-refractivity contribution in [3.05, 3.63) is 42.2 Å². The fraction of sp³-hybridized carbons (Fsp3) is 0.593. The van der Waals surface area contributed by atoms with Gasteiger partial charge in [0.25, 0.3) is 5.91 Å². The van der Waals surface area contributed by atoms with Crippen molar-refractivity contribution in [2.45, 2.75) is 87.1 Å². The molecule has 4 atom stereocenters. The van der Waals surface area contributed by atoms with Crippen molar-refractivity contribution in [1.82, 2.24) is 14.9 Å². The number of sulfonamides is 1. The molecule has 4 aliphatic rings. The van der Waals surface area contributed by atoms with Crippen LogP contribution in [-0.4, -0.2) is 60.5 Å². The number of anilines is 1. The number of halogens is 1. The predicted molar refractivity (Wildman–Crippen MR) is 140 cm³/mol. The summed E-state index contributed by atoms with van der Waals surface area (Å²) in [6.45, 7) is 0.414. The van der Waals surface area contributed by atoms with Gasteiger partial charge in [0.15, 0.2) is 0 Å². The van der Waals surface area contributed by atoms with Gasteiger partial charge in [-0.25, -0.2) is 12.8 Å². The molecule has 1 aromatic rings. The Morgan fingerprint density at radius 1 is 1.03 bits per heavy atom. The molecule has 3 amide bonds. The van der Waals surface area contributed by atoms with Crippen LogP contribution in [0.5, 0.6) is 0 Å². The van der Waals surface area contributed by atoms with E-state index in [2.05, 4.69) is 15.4 Å². The zero-order valence-electron chi connectivity index (χ0n) is 21.3. The third-order valence-electron chi connectivity index (χ3n) is 8.02. The van der Waals surface area contributed by atoms with Crippen molar-refractivity contribution in [1.29, 1.82) is 0 Å². The fourth-order valence-corrected chi connectivity index (χ4v) is 6.89. The van der Waals surface area contributed by atoms with Gasteiger partial charge in [-0.2, -0.15) is 0 Å². The molecular weight excluding hydrogens is 511 g/mol. The van der Waals surface area contributed by atoms with Crippen LogP contribution < -0.4 is 15.4 Å². The van der Waals surface area contributed by atoms with E-state index < -0.39 is 44.7 Å². The lowest BCUT2D eigenvalue weighted by atomic mass is 10.0. The Hall–Kier alpha value is -2.95. The quantitative estimate of drug-likeness (QED) is 0.488. The summed E-state index contributed by atoms with van der Waals surface area (Å²) >= 11 is 0. The van der Waals surface area contributed by atoms with Crippen molar-refractivity contribution in [2.24, 2.45) is 5.92 Å². The minimum atomic E-state index is -3.77. The van der Waals surface area contributed by atoms with E-state index in [9.17, 15) is 27.2 Å². The standard InChI is InChI=1S/C27H35FN4O5S/c28-19-10-12-20(13-11-19)29-22-8-5-3-1-2-4-7-18-17-27(18,26(35)31-38(36,37)21-14-15-21)30-24(33)23-9-6-16-32(23)25(22)34/h4,7,10-13,18,21-23,29H,1-3,5-6,8-9,14-17H2,(H,30,33)(H,31,35). The minimum absolute atomic E-state index is 0.206. The molecule has 11 heteroatoms. The van der Waals surface area contributed by atoms with E-state index in [1.54, 1.807) is 17.0 Å². The Bertz CT molecular complexity index is 1220. The van der Waals surface area contributed by atoms with E-state index in [1.165, 1.54) is 12.1 Å². The van der Waals surface area contributed by atoms with Crippen LogP contribution in [0.4, 0.5) is 10.1 Å². The number of rotatable bonds is 5. The summed E-state index contributed by atoms with van der Waals surface area (Å²) in [5, 5.41) is 5.53. The first-order valence-corrected chi connectivity index (χ1v) is 15.1. The third kappa shape index (κ3) is 5.72. The number of amides is 3. The molecule has 0 aromatic heterocycles. The number of benzene rings is 1. The number of hydrogen-bond donors (Lipinski definition) is 3. The van der Waals surface area contributed by atoms with Gasteiger partial charge >= 0.3 is 0 Å². The van der Waals surface area contributed by atoms with Crippen molar-refractivity contribution >= 4 is 33.4 Å². The number of fused-ring (bicyclic) bond motifs is 2. The van der Waals surface area contributed by atoms with Crippen LogP contribution in [0, 0.1) is 11.7 Å². The summed E-state index contributed by atoms with van der Waals surface area (Å²) in [4.78, 5) is 42.0. The van der Waals surface area contributed by atoms with Crippen molar-refractivity contribution in [3.8, 4) is 0 Å². The van der Waals surface area contributed by atoms with Crippen LogP contribution in [-0.2, 0) is 24.4 Å². The highest BCUT2D eigenvalue weighted by atomic mass is 32.2. The molecule has 3 N–H and O–H groups in total. The van der Waals surface area contributed by atoms with E-state index >= 15 is 0 Å². The van der Waals surface area contributed by atoms with Crippen LogP contribution in [0.1, 0.15) is 64.2 Å². The molecule has 0 spiro atoms. The largest absolute Gasteiger partial charge is 0.374 e. The highest BCUT2D eigenvalue weighted by Gasteiger charge is 2.61. The maximum absolute atomic E-state index is 13.7. The molecule has 2 saturated carbocycles. The Kier molecular flexibility index (Phi) is 7.48. The second-order valence-corrected chi connectivity index (χ2v) is 12.9. The fourth-order valence-electron chi connectivity index (χ4n) is 5.52. The summed E-state index contributed by atoms with van der Waals surface area (Å²) < 4.78 is 40.6. The van der Waals surface area contributed by atoms with Crippen LogP contribution in [0.25, 0.3) is 0 Å². The molecule has 0 radical (unpaired) electrons. The van der Waals surface area contributed by atoms with Gasteiger partial charge in [0.2, 0.25) is 21.8 Å². The number of nitrogens with zero attached hydrogens (tertiary/aromatic N) is 1. The molecule has 1 saturated heterocycles. The lowest BCUT2D eigenvalue weighted by Gasteiger charge is -2.30. The first-order chi connectivity index (χ1) is 18.2. The molecule has 1 aromatic carbocycles. The predicted octanol–water partition coefficient (Wildman–Crippen LogP) is 2.60. The molecule has 2 heterocycles. The molecule has 0 bridgehead atoms. The smallest absolute Gasteiger partial charge is 0.259 e. The van der Waals surface area contributed by atoms with E-state index in [1.807, 2.05) is 12.2 Å². The second-order valence-electron chi connectivity index (χ2n) is 10.9. The van der Waals surface area contributed by atoms with Gasteiger partial charge in [0, 0.05) is 18.2 Å². The zero-order valence-corrected chi connectivity index (χ0v) is 22.1. The highest BCUT2D eigenvalue weighted by molar-refractivity contribution is 7.91. The van der Waals surface area contributed by atoms with E-state index in [0.29, 0.717) is 50.8 Å². The molecule has 4 unspecified atom stereocenters. The van der Waals surface area contributed by atoms with E-state index in [4.69, 9.17) is 0 Å². The van der Waals surface area contributed by atoms with Crippen LogP contribution >= 0.6 is 0 Å². The van der Waals surface area contributed by atoms with Crippen molar-refractivity contribution < 1.29 is 27.2 Å². The van der Waals surface area contributed by atoms with Gasteiger partial charge in [0.1, 0.15) is 23.4 Å². The molecule has 5 rings (SSSR count). The molecule has 2 aliphatic heterocycles. The Balaban J connectivity index is 1.37. The average molecular weight is 547 g/mol. The average Bonchev–Trinajstić information content (AvgIpc) is 3.80. The summed E-state index contributed by atoms with van der Waals surface area (Å²) in [6, 6.07) is 4.50. The molecular formula is C27H35FN4O5S. The Morgan fingerprint density at radius 3 is 2.53 bits per heavy atom. The third-order valence-corrected chi connectivity index (χ3v) is 9.84. The normalized spacial score (nSPS) is 30.3. The summed E-state index contributed by atoms with van der Waals surface area (Å²) in [6.07, 6.45) is 10.3. The number of allylic oxidation sites excluding steroid dienone is 1. The van der Waals surface area contributed by atoms with Gasteiger partial charge in [0.05, 0.1) is 5.25 Å². The van der Waals surface area contributed by atoms with Gasteiger partial charge < -0.3 is 15.5 Å². The maximum Gasteiger partial charge on any atom is 0.259 e. The first kappa shape index (κ1) is 26.6. The Morgan fingerprint density at radius 2 is 1.79 bits per heavy atom. The lowest BCUT2D eigenvalue weighted by Crippen LogP contribution is -2.57. The first-order valence-electron chi connectivity index (χ1n) is 13.6. The SMILES string of the molecule is O=C1NC2(C(=O)NS(=O)(=O)C3CC3)CC2C=CCCCCCC(Nc2ccc(F)cc2)C(=O)N2CCCC12. The zero-order chi connectivity index (χ0) is 26.9. The van der Waals surface area contributed by atoms with E-state index in [-0.39, 0.29) is 17.6 Å². The molecule has 2 aliphatic carbocycles. The van der Waals surface area contributed by atoms with Crippen LogP contribution in [0.15, 0.2) is 36.4 Å². The number of hydrogen-bond acceptors (Lipinski definition) is 6. The molecule has 9 nitrogen and oxygen atoms in total. The molecule has 206 valence electrons. The van der Waals surface area contributed by atoms with Crippen molar-refractivity contribution in [2.75, 3.05) is 11.9 Å². The lowest BCUT2D eigenvalue weighted by molar-refractivity contribution is -0.140. The summed E-state index contributed by atoms with van der Waals surface area (Å²) in [5.74, 6) is -2.02. The van der Waals surface area contributed by atoms with E-state index in [0.717, 1.165) is 25.7 Å². The van der Waals surface area contributed by atoms with Gasteiger partial charge in [-0.15, -0.1) is 0 Å². The topological polar surface area (TPSA) is 125 Å². The monoisotopic (exact) mass is 546 g/mol. The number of nitrogens with one attached hydrogen (secondary N) is 3. The maximum atomic E-state index is 13.7. The molecule has 3 fully saturated rings. The Labute approximate surface area is 222 Å². The van der Waals surface area contributed by atoms with Crippen LogP contribution in [0.2, 0.25) is 0 Å².